The summed E-state index contributed by atoms with van der Waals surface area (Å²) in [5.41, 5.74) is 5.24. The third-order valence-corrected chi connectivity index (χ3v) is 5.82. The van der Waals surface area contributed by atoms with Crippen molar-refractivity contribution in [2.75, 3.05) is 0 Å². The molecule has 0 radical (unpaired) electrons. The maximum absolute atomic E-state index is 10.7. The van der Waals surface area contributed by atoms with Gasteiger partial charge in [-0.15, -0.1) is 6.58 Å². The molecule has 0 fully saturated rings. The molecule has 0 saturated heterocycles. The second kappa shape index (κ2) is 6.55. The lowest BCUT2D eigenvalue weighted by molar-refractivity contribution is 0.140. The molecule has 144 valence electrons. The highest BCUT2D eigenvalue weighted by molar-refractivity contribution is 5.60. The van der Waals surface area contributed by atoms with E-state index in [1.807, 2.05) is 0 Å². The number of aromatic nitrogens is 1. The number of rotatable bonds is 4. The van der Waals surface area contributed by atoms with Gasteiger partial charge in [0.05, 0.1) is 5.92 Å². The molecule has 1 aromatic carbocycles. The fraction of sp³-hybridized carbons (Fsp3) is 0.455. The number of ether oxygens (including phenoxy) is 1. The number of aryl methyl sites for hydroxylation is 1. The number of hydrogen-bond acceptors (Lipinski definition) is 4. The second-order valence-corrected chi connectivity index (χ2v) is 8.67. The first-order valence-corrected chi connectivity index (χ1v) is 9.20. The van der Waals surface area contributed by atoms with Crippen LogP contribution in [0.5, 0.6) is 5.88 Å². The highest BCUT2D eigenvalue weighted by Crippen LogP contribution is 2.47. The molecule has 2 aromatic rings. The van der Waals surface area contributed by atoms with Crippen LogP contribution in [0.3, 0.4) is 0 Å². The van der Waals surface area contributed by atoms with Gasteiger partial charge in [-0.3, -0.25) is 0 Å². The van der Waals surface area contributed by atoms with E-state index in [-0.39, 0.29) is 22.6 Å². The van der Waals surface area contributed by atoms with E-state index >= 15 is 0 Å². The molecule has 0 aliphatic heterocycles. The first-order chi connectivity index (χ1) is 12.5. The van der Waals surface area contributed by atoms with Crippen molar-refractivity contribution in [3.63, 3.8) is 0 Å². The van der Waals surface area contributed by atoms with Crippen molar-refractivity contribution in [3.8, 4) is 5.88 Å². The monoisotopic (exact) mass is 369 g/mol. The molecule has 1 aliphatic carbocycles. The van der Waals surface area contributed by atoms with Gasteiger partial charge in [-0.25, -0.2) is 4.79 Å². The van der Waals surface area contributed by atoms with Gasteiger partial charge in [0.2, 0.25) is 0 Å². The van der Waals surface area contributed by atoms with E-state index in [2.05, 4.69) is 63.2 Å². The third kappa shape index (κ3) is 3.51. The predicted octanol–water partition coefficient (Wildman–Crippen LogP) is 5.71. The predicted molar refractivity (Wildman–Crippen MR) is 104 cm³/mol. The zero-order valence-corrected chi connectivity index (χ0v) is 16.6. The van der Waals surface area contributed by atoms with E-state index in [1.54, 1.807) is 6.08 Å². The van der Waals surface area contributed by atoms with Crippen LogP contribution < -0.4 is 4.74 Å². The number of allylic oxidation sites excluding steroid dienone is 1. The van der Waals surface area contributed by atoms with E-state index in [0.29, 0.717) is 5.76 Å². The Morgan fingerprint density at radius 2 is 1.81 bits per heavy atom. The van der Waals surface area contributed by atoms with Gasteiger partial charge in [-0.2, -0.15) is 0 Å². The molecule has 1 atom stereocenters. The van der Waals surface area contributed by atoms with E-state index in [9.17, 15) is 4.79 Å². The van der Waals surface area contributed by atoms with Crippen LogP contribution in [0.25, 0.3) is 0 Å². The van der Waals surface area contributed by atoms with Crippen molar-refractivity contribution < 1.29 is 19.2 Å². The zero-order valence-electron chi connectivity index (χ0n) is 16.6. The quantitative estimate of drug-likeness (QED) is 0.552. The van der Waals surface area contributed by atoms with Gasteiger partial charge >= 0.3 is 6.16 Å². The van der Waals surface area contributed by atoms with E-state index in [4.69, 9.17) is 9.63 Å². The Kier molecular flexibility index (Phi) is 4.66. The topological polar surface area (TPSA) is 72.6 Å². The van der Waals surface area contributed by atoms with Crippen molar-refractivity contribution in [2.24, 2.45) is 0 Å². The molecule has 3 rings (SSSR count). The lowest BCUT2D eigenvalue weighted by Gasteiger charge is -2.42. The molecule has 1 N–H and O–H groups in total. The van der Waals surface area contributed by atoms with Crippen LogP contribution in [0.15, 0.2) is 35.4 Å². The minimum absolute atomic E-state index is 0.0681. The van der Waals surface area contributed by atoms with Crippen LogP contribution in [0, 0.1) is 6.92 Å². The SMILES string of the molecule is C=CC(c1cc(OC(=O)O)no1)c1cc2c(cc1C)C(C)(C)CCC2(C)C. The van der Waals surface area contributed by atoms with Crippen molar-refractivity contribution in [1.29, 1.82) is 0 Å². The molecule has 27 heavy (non-hydrogen) atoms. The number of carboxylic acid groups (broad SMARTS) is 1. The molecule has 1 aromatic heterocycles. The molecular formula is C22H27NO4. The first kappa shape index (κ1) is 19.2. The molecule has 5 nitrogen and oxygen atoms in total. The lowest BCUT2D eigenvalue weighted by atomic mass is 9.62. The summed E-state index contributed by atoms with van der Waals surface area (Å²) < 4.78 is 9.94. The summed E-state index contributed by atoms with van der Waals surface area (Å²) in [6.45, 7) is 15.2. The molecule has 0 spiro atoms. The standard InChI is InChI=1S/C22H27NO4/c1-7-14(18-12-19(23-27-18)26-20(24)25)15-11-17-16(10-13(15)2)21(3,4)8-9-22(17,5)6/h7,10-12,14H,1,8-9H2,2-6H3,(H,24,25). The number of fused-ring (bicyclic) bond motifs is 1. The fourth-order valence-electron chi connectivity index (χ4n) is 4.03. The third-order valence-electron chi connectivity index (χ3n) is 5.82. The van der Waals surface area contributed by atoms with Crippen molar-refractivity contribution in [2.45, 2.75) is 64.2 Å². The Morgan fingerprint density at radius 1 is 1.22 bits per heavy atom. The van der Waals surface area contributed by atoms with Crippen molar-refractivity contribution >= 4 is 6.16 Å². The van der Waals surface area contributed by atoms with Crippen molar-refractivity contribution in [3.05, 3.63) is 58.9 Å². The maximum atomic E-state index is 10.7. The molecule has 5 heteroatoms. The van der Waals surface area contributed by atoms with Gasteiger partial charge < -0.3 is 14.4 Å². The van der Waals surface area contributed by atoms with E-state index in [0.717, 1.165) is 24.0 Å². The van der Waals surface area contributed by atoms with Crippen LogP contribution in [0.2, 0.25) is 0 Å². The second-order valence-electron chi connectivity index (χ2n) is 8.67. The summed E-state index contributed by atoms with van der Waals surface area (Å²) in [6.07, 6.45) is 2.67. The number of hydrogen-bond donors (Lipinski definition) is 1. The largest absolute Gasteiger partial charge is 0.512 e. The fourth-order valence-corrected chi connectivity index (χ4v) is 4.03. The van der Waals surface area contributed by atoms with Gasteiger partial charge in [0.15, 0.2) is 5.76 Å². The van der Waals surface area contributed by atoms with Gasteiger partial charge in [0.25, 0.3) is 5.88 Å². The Morgan fingerprint density at radius 3 is 2.37 bits per heavy atom. The molecular weight excluding hydrogens is 342 g/mol. The van der Waals surface area contributed by atoms with Gasteiger partial charge in [0, 0.05) is 6.07 Å². The molecule has 0 amide bonds. The maximum Gasteiger partial charge on any atom is 0.512 e. The molecule has 1 heterocycles. The van der Waals surface area contributed by atoms with Crippen LogP contribution >= 0.6 is 0 Å². The Hall–Kier alpha value is -2.56. The van der Waals surface area contributed by atoms with Crippen LogP contribution in [0.1, 0.15) is 74.5 Å². The zero-order chi connectivity index (χ0) is 20.0. The van der Waals surface area contributed by atoms with Crippen LogP contribution in [-0.4, -0.2) is 16.4 Å². The summed E-state index contributed by atoms with van der Waals surface area (Å²) in [5, 5.41) is 12.4. The smallest absolute Gasteiger partial charge is 0.449 e. The Bertz CT molecular complexity index is 892. The molecule has 0 bridgehead atoms. The summed E-state index contributed by atoms with van der Waals surface area (Å²) in [5.74, 6) is 0.216. The van der Waals surface area contributed by atoms with Gasteiger partial charge in [0.1, 0.15) is 0 Å². The van der Waals surface area contributed by atoms with Crippen molar-refractivity contribution in [1.82, 2.24) is 5.16 Å². The Labute approximate surface area is 160 Å². The van der Waals surface area contributed by atoms with Crippen LogP contribution in [-0.2, 0) is 10.8 Å². The minimum Gasteiger partial charge on any atom is -0.449 e. The summed E-state index contributed by atoms with van der Waals surface area (Å²) in [7, 11) is 0. The normalized spacial score (nSPS) is 18.4. The summed E-state index contributed by atoms with van der Waals surface area (Å²) in [6, 6.07) is 6.06. The lowest BCUT2D eigenvalue weighted by Crippen LogP contribution is -2.34. The highest BCUT2D eigenvalue weighted by atomic mass is 16.7. The molecule has 0 saturated carbocycles. The van der Waals surface area contributed by atoms with Crippen LogP contribution in [0.4, 0.5) is 4.79 Å². The highest BCUT2D eigenvalue weighted by Gasteiger charge is 2.38. The average Bonchev–Trinajstić information content (AvgIpc) is 3.01. The number of nitrogens with zero attached hydrogens (tertiary/aromatic N) is 1. The average molecular weight is 369 g/mol. The summed E-state index contributed by atoms with van der Waals surface area (Å²) in [4.78, 5) is 10.7. The summed E-state index contributed by atoms with van der Waals surface area (Å²) >= 11 is 0. The number of benzene rings is 1. The Balaban J connectivity index is 2.09. The minimum atomic E-state index is -1.42. The number of carbonyl (C=O) groups is 1. The first-order valence-electron chi connectivity index (χ1n) is 9.20. The van der Waals surface area contributed by atoms with E-state index < -0.39 is 6.16 Å². The van der Waals surface area contributed by atoms with Gasteiger partial charge in [-0.05, 0) is 58.0 Å². The molecule has 1 aliphatic rings. The molecule has 1 unspecified atom stereocenters. The van der Waals surface area contributed by atoms with E-state index in [1.165, 1.54) is 17.2 Å². The van der Waals surface area contributed by atoms with Gasteiger partial charge in [-0.1, -0.05) is 45.9 Å².